The van der Waals surface area contributed by atoms with Crippen LogP contribution in [0.1, 0.15) is 30.6 Å². The van der Waals surface area contributed by atoms with Crippen molar-refractivity contribution in [3.8, 4) is 0 Å². The molecule has 0 radical (unpaired) electrons. The van der Waals surface area contributed by atoms with Crippen molar-refractivity contribution in [3.05, 3.63) is 35.4 Å². The fraction of sp³-hybridized carbons (Fsp3) is 0.600. The maximum absolute atomic E-state index is 10.6. The summed E-state index contributed by atoms with van der Waals surface area (Å²) in [4.78, 5) is 2.29. The quantitative estimate of drug-likeness (QED) is 0.905. The molecule has 1 aromatic carbocycles. The highest BCUT2D eigenvalue weighted by Crippen LogP contribution is 2.27. The summed E-state index contributed by atoms with van der Waals surface area (Å²) in [7, 11) is 2.11. The molecule has 3 heteroatoms. The zero-order valence-corrected chi connectivity index (χ0v) is 12.1. The minimum atomic E-state index is -0.361. The van der Waals surface area contributed by atoms with Crippen molar-refractivity contribution >= 4 is 11.8 Å². The lowest BCUT2D eigenvalue weighted by molar-refractivity contribution is 0.0758. The third kappa shape index (κ3) is 3.28. The van der Waals surface area contributed by atoms with Crippen LogP contribution in [0.4, 0.5) is 0 Å². The number of aliphatic hydroxyl groups is 1. The van der Waals surface area contributed by atoms with E-state index in [9.17, 15) is 5.11 Å². The van der Waals surface area contributed by atoms with Crippen molar-refractivity contribution < 1.29 is 5.11 Å². The smallest absolute Gasteiger partial charge is 0.0953 e. The Hall–Kier alpha value is -0.510. The van der Waals surface area contributed by atoms with Gasteiger partial charge in [0.15, 0.2) is 0 Å². The molecule has 0 aliphatic carbocycles. The molecule has 2 unspecified atom stereocenters. The third-order valence-electron chi connectivity index (χ3n) is 3.64. The predicted octanol–water partition coefficient (Wildman–Crippen LogP) is 2.72. The van der Waals surface area contributed by atoms with Crippen LogP contribution in [-0.2, 0) is 6.42 Å². The van der Waals surface area contributed by atoms with Crippen molar-refractivity contribution in [2.75, 3.05) is 25.1 Å². The van der Waals surface area contributed by atoms with Crippen LogP contribution < -0.4 is 0 Å². The van der Waals surface area contributed by atoms with Crippen molar-refractivity contribution in [3.63, 3.8) is 0 Å². The maximum Gasteiger partial charge on any atom is 0.0953 e. The second-order valence-corrected chi connectivity index (χ2v) is 6.21. The van der Waals surface area contributed by atoms with Gasteiger partial charge >= 0.3 is 0 Å². The lowest BCUT2D eigenvalue weighted by Crippen LogP contribution is -2.43. The minimum Gasteiger partial charge on any atom is -0.387 e. The summed E-state index contributed by atoms with van der Waals surface area (Å²) in [6.07, 6.45) is 1.88. The minimum absolute atomic E-state index is 0.251. The normalized spacial score (nSPS) is 22.9. The van der Waals surface area contributed by atoms with E-state index in [1.54, 1.807) is 0 Å². The van der Waals surface area contributed by atoms with Crippen molar-refractivity contribution in [2.45, 2.75) is 31.9 Å². The Bertz CT molecular complexity index is 383. The number of benzene rings is 1. The zero-order chi connectivity index (χ0) is 13.0. The molecule has 1 heterocycles. The third-order valence-corrected chi connectivity index (χ3v) is 4.69. The molecule has 1 fully saturated rings. The monoisotopic (exact) mass is 265 g/mol. The first-order valence-electron chi connectivity index (χ1n) is 6.77. The highest BCUT2D eigenvalue weighted by molar-refractivity contribution is 7.99. The molecule has 1 aliphatic heterocycles. The van der Waals surface area contributed by atoms with Gasteiger partial charge in [-0.05, 0) is 24.6 Å². The lowest BCUT2D eigenvalue weighted by Gasteiger charge is -2.35. The highest BCUT2D eigenvalue weighted by Gasteiger charge is 2.27. The molecule has 0 saturated carbocycles. The fourth-order valence-corrected chi connectivity index (χ4v) is 3.74. The van der Waals surface area contributed by atoms with Gasteiger partial charge in [0.2, 0.25) is 0 Å². The van der Waals surface area contributed by atoms with E-state index in [1.165, 1.54) is 11.3 Å². The van der Waals surface area contributed by atoms with E-state index in [1.807, 2.05) is 11.8 Å². The molecule has 0 amide bonds. The number of thioether (sulfide) groups is 1. The van der Waals surface area contributed by atoms with E-state index < -0.39 is 0 Å². The summed E-state index contributed by atoms with van der Waals surface area (Å²) >= 11 is 1.94. The van der Waals surface area contributed by atoms with Crippen molar-refractivity contribution in [1.82, 2.24) is 4.90 Å². The van der Waals surface area contributed by atoms with Crippen LogP contribution in [0, 0.1) is 0 Å². The molecule has 100 valence electrons. The van der Waals surface area contributed by atoms with Crippen molar-refractivity contribution in [1.29, 1.82) is 0 Å². The molecule has 18 heavy (non-hydrogen) atoms. The average molecular weight is 265 g/mol. The van der Waals surface area contributed by atoms with Gasteiger partial charge in [-0.25, -0.2) is 0 Å². The standard InChI is InChI=1S/C15H23NOS/c1-3-5-12-6-4-7-13(10-12)15(17)14-11-18-9-8-16(14)2/h4,6-7,10,14-15,17H,3,5,8-9,11H2,1-2H3. The van der Waals surface area contributed by atoms with E-state index in [0.717, 1.165) is 30.7 Å². The van der Waals surface area contributed by atoms with Crippen LogP contribution in [0.2, 0.25) is 0 Å². The summed E-state index contributed by atoms with van der Waals surface area (Å²) in [6.45, 7) is 3.26. The summed E-state index contributed by atoms with van der Waals surface area (Å²) < 4.78 is 0. The van der Waals surface area contributed by atoms with Gasteiger partial charge in [0.1, 0.15) is 0 Å². The van der Waals surface area contributed by atoms with Gasteiger partial charge < -0.3 is 5.11 Å². The number of aryl methyl sites for hydroxylation is 1. The van der Waals surface area contributed by atoms with E-state index in [4.69, 9.17) is 0 Å². The van der Waals surface area contributed by atoms with Gasteiger partial charge in [-0.15, -0.1) is 0 Å². The lowest BCUT2D eigenvalue weighted by atomic mass is 9.99. The first-order chi connectivity index (χ1) is 8.72. The van der Waals surface area contributed by atoms with E-state index in [0.29, 0.717) is 0 Å². The number of hydrogen-bond acceptors (Lipinski definition) is 3. The summed E-state index contributed by atoms with van der Waals surface area (Å²) in [5, 5.41) is 10.6. The van der Waals surface area contributed by atoms with Gasteiger partial charge in [-0.2, -0.15) is 11.8 Å². The largest absolute Gasteiger partial charge is 0.387 e. The van der Waals surface area contributed by atoms with Crippen LogP contribution in [0.25, 0.3) is 0 Å². The number of aliphatic hydroxyl groups excluding tert-OH is 1. The molecule has 2 rings (SSSR count). The highest BCUT2D eigenvalue weighted by atomic mass is 32.2. The molecule has 2 atom stereocenters. The van der Waals surface area contributed by atoms with Crippen LogP contribution >= 0.6 is 11.8 Å². The van der Waals surface area contributed by atoms with Gasteiger partial charge in [-0.3, -0.25) is 4.90 Å². The molecule has 1 aliphatic rings. The Labute approximate surface area is 114 Å². The summed E-state index contributed by atoms with van der Waals surface area (Å²) in [6, 6.07) is 8.69. The number of hydrogen-bond donors (Lipinski definition) is 1. The first-order valence-corrected chi connectivity index (χ1v) is 7.92. The number of rotatable bonds is 4. The topological polar surface area (TPSA) is 23.5 Å². The Balaban J connectivity index is 2.11. The number of nitrogens with zero attached hydrogens (tertiary/aromatic N) is 1. The molecule has 2 nitrogen and oxygen atoms in total. The van der Waals surface area contributed by atoms with Crippen LogP contribution in [0.5, 0.6) is 0 Å². The van der Waals surface area contributed by atoms with Crippen LogP contribution in [0.15, 0.2) is 24.3 Å². The molecular weight excluding hydrogens is 242 g/mol. The van der Waals surface area contributed by atoms with E-state index in [2.05, 4.69) is 43.1 Å². The Morgan fingerprint density at radius 3 is 3.06 bits per heavy atom. The zero-order valence-electron chi connectivity index (χ0n) is 11.3. The number of likely N-dealkylation sites (N-methyl/N-ethyl adjacent to an activating group) is 1. The van der Waals surface area contributed by atoms with E-state index in [-0.39, 0.29) is 12.1 Å². The molecule has 1 aromatic rings. The second-order valence-electron chi connectivity index (χ2n) is 5.06. The first kappa shape index (κ1) is 13.9. The molecule has 0 spiro atoms. The maximum atomic E-state index is 10.6. The molecule has 1 N–H and O–H groups in total. The second kappa shape index (κ2) is 6.60. The SMILES string of the molecule is CCCc1cccc(C(O)C2CSCCN2C)c1. The van der Waals surface area contributed by atoms with E-state index >= 15 is 0 Å². The molecule has 1 saturated heterocycles. The van der Waals surface area contributed by atoms with Gasteiger partial charge in [0.05, 0.1) is 6.10 Å². The predicted molar refractivity (Wildman–Crippen MR) is 79.1 cm³/mol. The molecule has 0 aromatic heterocycles. The Morgan fingerprint density at radius 1 is 1.50 bits per heavy atom. The fourth-order valence-electron chi connectivity index (χ4n) is 2.48. The average Bonchev–Trinajstić information content (AvgIpc) is 2.39. The molecule has 0 bridgehead atoms. The Morgan fingerprint density at radius 2 is 2.33 bits per heavy atom. The van der Waals surface area contributed by atoms with Crippen LogP contribution in [-0.4, -0.2) is 41.1 Å². The molecular formula is C15H23NOS. The summed E-state index contributed by atoms with van der Waals surface area (Å²) in [5.41, 5.74) is 2.40. The van der Waals surface area contributed by atoms with Gasteiger partial charge in [0.25, 0.3) is 0 Å². The van der Waals surface area contributed by atoms with Gasteiger partial charge in [0, 0.05) is 24.1 Å². The van der Waals surface area contributed by atoms with Crippen molar-refractivity contribution in [2.24, 2.45) is 0 Å². The van der Waals surface area contributed by atoms with Gasteiger partial charge in [-0.1, -0.05) is 37.6 Å². The summed E-state index contributed by atoms with van der Waals surface area (Å²) in [5.74, 6) is 2.20. The van der Waals surface area contributed by atoms with Crippen LogP contribution in [0.3, 0.4) is 0 Å². The Kier molecular flexibility index (Phi) is 5.10.